The van der Waals surface area contributed by atoms with E-state index in [1.807, 2.05) is 36.4 Å². The fourth-order valence-electron chi connectivity index (χ4n) is 3.07. The number of rotatable bonds is 7. The van der Waals surface area contributed by atoms with E-state index in [2.05, 4.69) is 36.4 Å². The first-order valence-corrected chi connectivity index (χ1v) is 8.98. The van der Waals surface area contributed by atoms with E-state index in [4.69, 9.17) is 11.6 Å². The lowest BCUT2D eigenvalue weighted by Crippen LogP contribution is -2.09. The van der Waals surface area contributed by atoms with Crippen LogP contribution in [0.15, 0.2) is 84.9 Å². The molecule has 0 fully saturated rings. The van der Waals surface area contributed by atoms with Gasteiger partial charge in [-0.3, -0.25) is 4.79 Å². The van der Waals surface area contributed by atoms with Crippen molar-refractivity contribution in [3.05, 3.63) is 107 Å². The van der Waals surface area contributed by atoms with E-state index in [0.29, 0.717) is 11.4 Å². The Morgan fingerprint density at radius 2 is 1.40 bits per heavy atom. The van der Waals surface area contributed by atoms with Crippen LogP contribution in [0.25, 0.3) is 0 Å². The van der Waals surface area contributed by atoms with Gasteiger partial charge in [0.05, 0.1) is 0 Å². The monoisotopic (exact) mass is 348 g/mol. The van der Waals surface area contributed by atoms with Gasteiger partial charge in [0.2, 0.25) is 0 Å². The third kappa shape index (κ3) is 5.04. The molecule has 1 atom stereocenters. The third-order valence-corrected chi connectivity index (χ3v) is 4.75. The van der Waals surface area contributed by atoms with Crippen LogP contribution < -0.4 is 0 Å². The van der Waals surface area contributed by atoms with Crippen LogP contribution in [-0.4, -0.2) is 5.78 Å². The lowest BCUT2D eigenvalue weighted by atomic mass is 9.87. The first-order chi connectivity index (χ1) is 12.2. The molecule has 0 aliphatic rings. The van der Waals surface area contributed by atoms with Crippen LogP contribution >= 0.6 is 11.6 Å². The molecule has 0 aliphatic carbocycles. The maximum absolute atomic E-state index is 12.7. The fraction of sp³-hybridized carbons (Fsp3) is 0.174. The van der Waals surface area contributed by atoms with E-state index in [1.165, 1.54) is 11.1 Å². The first kappa shape index (κ1) is 17.4. The molecule has 2 heteroatoms. The number of ketones is 1. The standard InChI is InChI=1S/C23H21ClO/c24-22-15-13-20(14-16-22)23(25)17-21(19-9-5-2-6-10-19)12-11-18-7-3-1-4-8-18/h1-10,13-16,21H,11-12,17H2. The summed E-state index contributed by atoms with van der Waals surface area (Å²) in [5.74, 6) is 0.378. The minimum absolute atomic E-state index is 0.165. The molecule has 126 valence electrons. The number of halogens is 1. The highest BCUT2D eigenvalue weighted by Crippen LogP contribution is 2.27. The van der Waals surface area contributed by atoms with E-state index >= 15 is 0 Å². The van der Waals surface area contributed by atoms with Crippen molar-refractivity contribution in [3.8, 4) is 0 Å². The van der Waals surface area contributed by atoms with Crippen molar-refractivity contribution in [2.45, 2.75) is 25.2 Å². The molecule has 0 radical (unpaired) electrons. The molecule has 0 N–H and O–H groups in total. The van der Waals surface area contributed by atoms with Crippen LogP contribution in [0.5, 0.6) is 0 Å². The summed E-state index contributed by atoms with van der Waals surface area (Å²) < 4.78 is 0. The van der Waals surface area contributed by atoms with Gasteiger partial charge in [0.25, 0.3) is 0 Å². The second kappa shape index (κ2) is 8.64. The highest BCUT2D eigenvalue weighted by molar-refractivity contribution is 6.30. The molecule has 0 saturated heterocycles. The van der Waals surface area contributed by atoms with Crippen molar-refractivity contribution in [2.24, 2.45) is 0 Å². The smallest absolute Gasteiger partial charge is 0.163 e. The van der Waals surface area contributed by atoms with Gasteiger partial charge in [0.15, 0.2) is 5.78 Å². The van der Waals surface area contributed by atoms with Crippen LogP contribution in [0.2, 0.25) is 5.02 Å². The number of hydrogen-bond acceptors (Lipinski definition) is 1. The van der Waals surface area contributed by atoms with Gasteiger partial charge in [-0.05, 0) is 54.2 Å². The number of carbonyl (C=O) groups excluding carboxylic acids is 1. The average Bonchev–Trinajstić information content (AvgIpc) is 2.67. The van der Waals surface area contributed by atoms with Gasteiger partial charge in [0.1, 0.15) is 0 Å². The molecular weight excluding hydrogens is 328 g/mol. The Hall–Kier alpha value is -2.38. The number of hydrogen-bond donors (Lipinski definition) is 0. The Labute approximate surface area is 154 Å². The molecule has 3 rings (SSSR count). The molecule has 3 aromatic carbocycles. The Balaban J connectivity index is 1.74. The predicted molar refractivity (Wildman–Crippen MR) is 104 cm³/mol. The molecular formula is C23H21ClO. The van der Waals surface area contributed by atoms with Crippen molar-refractivity contribution < 1.29 is 4.79 Å². The minimum Gasteiger partial charge on any atom is -0.294 e. The summed E-state index contributed by atoms with van der Waals surface area (Å²) in [7, 11) is 0. The molecule has 1 nitrogen and oxygen atoms in total. The topological polar surface area (TPSA) is 17.1 Å². The Kier molecular flexibility index (Phi) is 6.03. The van der Waals surface area contributed by atoms with Crippen molar-refractivity contribution in [3.63, 3.8) is 0 Å². The van der Waals surface area contributed by atoms with Gasteiger partial charge in [0, 0.05) is 17.0 Å². The summed E-state index contributed by atoms with van der Waals surface area (Å²) in [5.41, 5.74) is 3.26. The van der Waals surface area contributed by atoms with Gasteiger partial charge in [-0.2, -0.15) is 0 Å². The van der Waals surface area contributed by atoms with Gasteiger partial charge in [-0.25, -0.2) is 0 Å². The predicted octanol–water partition coefficient (Wildman–Crippen LogP) is 6.33. The molecule has 0 amide bonds. The zero-order valence-electron chi connectivity index (χ0n) is 14.1. The normalized spacial score (nSPS) is 11.9. The zero-order chi connectivity index (χ0) is 17.5. The minimum atomic E-state index is 0.165. The summed E-state index contributed by atoms with van der Waals surface area (Å²) >= 11 is 5.92. The highest BCUT2D eigenvalue weighted by Gasteiger charge is 2.17. The van der Waals surface area contributed by atoms with Crippen molar-refractivity contribution >= 4 is 17.4 Å². The number of Topliss-reactive ketones (excluding diaryl/α,β-unsaturated/α-hetero) is 1. The molecule has 0 aliphatic heterocycles. The second-order valence-electron chi connectivity index (χ2n) is 6.27. The van der Waals surface area contributed by atoms with E-state index in [9.17, 15) is 4.79 Å². The molecule has 0 aromatic heterocycles. The fourth-order valence-corrected chi connectivity index (χ4v) is 3.20. The average molecular weight is 349 g/mol. The van der Waals surface area contributed by atoms with Crippen molar-refractivity contribution in [1.82, 2.24) is 0 Å². The maximum atomic E-state index is 12.7. The van der Waals surface area contributed by atoms with Gasteiger partial charge < -0.3 is 0 Å². The number of aryl methyl sites for hydroxylation is 1. The Bertz CT molecular complexity index is 795. The van der Waals surface area contributed by atoms with Gasteiger partial charge in [-0.15, -0.1) is 0 Å². The Morgan fingerprint density at radius 3 is 2.04 bits per heavy atom. The molecule has 0 saturated carbocycles. The Morgan fingerprint density at radius 1 is 0.800 bits per heavy atom. The molecule has 0 heterocycles. The summed E-state index contributed by atoms with van der Waals surface area (Å²) in [4.78, 5) is 12.7. The molecule has 25 heavy (non-hydrogen) atoms. The van der Waals surface area contributed by atoms with Crippen LogP contribution in [0.3, 0.4) is 0 Å². The van der Waals surface area contributed by atoms with Crippen molar-refractivity contribution in [2.75, 3.05) is 0 Å². The molecule has 0 spiro atoms. The summed E-state index contributed by atoms with van der Waals surface area (Å²) in [6.07, 6.45) is 2.43. The summed E-state index contributed by atoms with van der Waals surface area (Å²) in [5, 5.41) is 0.653. The van der Waals surface area contributed by atoms with Crippen LogP contribution in [0.4, 0.5) is 0 Å². The largest absolute Gasteiger partial charge is 0.294 e. The van der Waals surface area contributed by atoms with Crippen LogP contribution in [0, 0.1) is 0 Å². The van der Waals surface area contributed by atoms with E-state index in [0.717, 1.165) is 18.4 Å². The lowest BCUT2D eigenvalue weighted by Gasteiger charge is -2.17. The van der Waals surface area contributed by atoms with E-state index in [-0.39, 0.29) is 11.7 Å². The maximum Gasteiger partial charge on any atom is 0.163 e. The van der Waals surface area contributed by atoms with E-state index < -0.39 is 0 Å². The number of benzene rings is 3. The molecule has 0 bridgehead atoms. The van der Waals surface area contributed by atoms with Crippen molar-refractivity contribution in [1.29, 1.82) is 0 Å². The van der Waals surface area contributed by atoms with Gasteiger partial charge in [-0.1, -0.05) is 72.3 Å². The van der Waals surface area contributed by atoms with E-state index in [1.54, 1.807) is 12.1 Å². The van der Waals surface area contributed by atoms with Crippen LogP contribution in [-0.2, 0) is 6.42 Å². The third-order valence-electron chi connectivity index (χ3n) is 4.49. The SMILES string of the molecule is O=C(CC(CCc1ccccc1)c1ccccc1)c1ccc(Cl)cc1. The summed E-state index contributed by atoms with van der Waals surface area (Å²) in [6.45, 7) is 0. The second-order valence-corrected chi connectivity index (χ2v) is 6.70. The lowest BCUT2D eigenvalue weighted by molar-refractivity contribution is 0.0972. The summed E-state index contributed by atoms with van der Waals surface area (Å²) in [6, 6.07) is 27.9. The zero-order valence-corrected chi connectivity index (χ0v) is 14.8. The molecule has 3 aromatic rings. The quantitative estimate of drug-likeness (QED) is 0.456. The first-order valence-electron chi connectivity index (χ1n) is 8.60. The van der Waals surface area contributed by atoms with Gasteiger partial charge >= 0.3 is 0 Å². The van der Waals surface area contributed by atoms with Crippen LogP contribution in [0.1, 0.15) is 40.2 Å². The highest BCUT2D eigenvalue weighted by atomic mass is 35.5. The number of carbonyl (C=O) groups is 1. The molecule has 1 unspecified atom stereocenters.